The lowest BCUT2D eigenvalue weighted by Crippen LogP contribution is -2.17. The van der Waals surface area contributed by atoms with Crippen molar-refractivity contribution in [2.45, 2.75) is 32.3 Å². The van der Waals surface area contributed by atoms with Gasteiger partial charge in [0.05, 0.1) is 5.69 Å². The van der Waals surface area contributed by atoms with Crippen LogP contribution in [0.3, 0.4) is 0 Å². The van der Waals surface area contributed by atoms with Crippen LogP contribution in [0, 0.1) is 17.5 Å². The monoisotopic (exact) mass is 298 g/mol. The van der Waals surface area contributed by atoms with Crippen molar-refractivity contribution in [3.05, 3.63) is 52.6 Å². The van der Waals surface area contributed by atoms with Gasteiger partial charge in [-0.15, -0.1) is 0 Å². The van der Waals surface area contributed by atoms with Crippen LogP contribution in [0.25, 0.3) is 0 Å². The summed E-state index contributed by atoms with van der Waals surface area (Å²) in [6, 6.07) is 1.84. The van der Waals surface area contributed by atoms with E-state index < -0.39 is 23.6 Å². The Labute approximate surface area is 121 Å². The summed E-state index contributed by atoms with van der Waals surface area (Å²) in [5.41, 5.74) is 0.246. The Morgan fingerprint density at radius 2 is 1.71 bits per heavy atom. The molecule has 1 heterocycles. The maximum absolute atomic E-state index is 13.8. The van der Waals surface area contributed by atoms with E-state index in [4.69, 9.17) is 0 Å². The van der Waals surface area contributed by atoms with Gasteiger partial charge in [-0.3, -0.25) is 4.68 Å². The molecule has 1 aromatic carbocycles. The van der Waals surface area contributed by atoms with Crippen molar-refractivity contribution in [2.24, 2.45) is 7.05 Å². The van der Waals surface area contributed by atoms with Crippen molar-refractivity contribution in [3.8, 4) is 0 Å². The van der Waals surface area contributed by atoms with Gasteiger partial charge in [-0.1, -0.05) is 26.8 Å². The summed E-state index contributed by atoms with van der Waals surface area (Å²) < 4.78 is 41.6. The number of aryl methyl sites for hydroxylation is 1. The van der Waals surface area contributed by atoms with E-state index in [1.54, 1.807) is 13.2 Å². The smallest absolute Gasteiger partial charge is 0.194 e. The number of nitrogens with zero attached hydrogens (tertiary/aromatic N) is 2. The van der Waals surface area contributed by atoms with Gasteiger partial charge in [0.2, 0.25) is 0 Å². The van der Waals surface area contributed by atoms with Crippen molar-refractivity contribution < 1.29 is 18.3 Å². The second-order valence-corrected chi connectivity index (χ2v) is 6.02. The van der Waals surface area contributed by atoms with Crippen molar-refractivity contribution in [2.75, 3.05) is 0 Å². The van der Waals surface area contributed by atoms with Crippen molar-refractivity contribution >= 4 is 0 Å². The average Bonchev–Trinajstić information content (AvgIpc) is 2.78. The van der Waals surface area contributed by atoms with Crippen LogP contribution in [-0.2, 0) is 12.5 Å². The topological polar surface area (TPSA) is 38.0 Å². The largest absolute Gasteiger partial charge is 0.383 e. The number of halogens is 3. The van der Waals surface area contributed by atoms with Gasteiger partial charge in [-0.05, 0) is 6.07 Å². The molecule has 0 bridgehead atoms. The zero-order chi connectivity index (χ0) is 15.9. The highest BCUT2D eigenvalue weighted by molar-refractivity contribution is 5.35. The molecule has 0 aliphatic carbocycles. The van der Waals surface area contributed by atoms with Crippen LogP contribution in [0.4, 0.5) is 13.2 Å². The zero-order valence-corrected chi connectivity index (χ0v) is 12.3. The van der Waals surface area contributed by atoms with Gasteiger partial charge in [0, 0.05) is 29.8 Å². The average molecular weight is 298 g/mol. The molecule has 0 aliphatic heterocycles. The van der Waals surface area contributed by atoms with Crippen LogP contribution in [0.1, 0.15) is 43.7 Å². The summed E-state index contributed by atoms with van der Waals surface area (Å²) in [4.78, 5) is 0. The molecule has 2 aromatic rings. The molecule has 1 aromatic heterocycles. The molecule has 1 N–H and O–H groups in total. The van der Waals surface area contributed by atoms with Gasteiger partial charge in [0.1, 0.15) is 6.10 Å². The summed E-state index contributed by atoms with van der Waals surface area (Å²) in [6.45, 7) is 5.69. The molecule has 21 heavy (non-hydrogen) atoms. The Balaban J connectivity index is 2.56. The third kappa shape index (κ3) is 2.81. The normalized spacial score (nSPS) is 13.5. The number of aliphatic hydroxyl groups is 1. The van der Waals surface area contributed by atoms with Crippen LogP contribution < -0.4 is 0 Å². The molecular formula is C15H17F3N2O. The van der Waals surface area contributed by atoms with E-state index in [-0.39, 0.29) is 11.0 Å². The minimum Gasteiger partial charge on any atom is -0.383 e. The molecule has 0 amide bonds. The Morgan fingerprint density at radius 1 is 1.10 bits per heavy atom. The van der Waals surface area contributed by atoms with E-state index in [1.807, 2.05) is 20.8 Å². The van der Waals surface area contributed by atoms with Crippen LogP contribution in [-0.4, -0.2) is 14.9 Å². The fraction of sp³-hybridized carbons (Fsp3) is 0.400. The number of aliphatic hydroxyl groups excluding tert-OH is 1. The van der Waals surface area contributed by atoms with Gasteiger partial charge < -0.3 is 5.11 Å². The molecule has 0 radical (unpaired) electrons. The minimum absolute atomic E-state index is 0.313. The molecule has 114 valence electrons. The molecule has 6 heteroatoms. The number of aromatic nitrogens is 2. The Bertz CT molecular complexity index is 674. The van der Waals surface area contributed by atoms with Crippen molar-refractivity contribution in [3.63, 3.8) is 0 Å². The highest BCUT2D eigenvalue weighted by atomic mass is 19.2. The van der Waals surface area contributed by atoms with Crippen LogP contribution in [0.15, 0.2) is 18.3 Å². The quantitative estimate of drug-likeness (QED) is 0.865. The summed E-state index contributed by atoms with van der Waals surface area (Å²) in [5.74, 6) is -4.26. The molecular weight excluding hydrogens is 281 g/mol. The summed E-state index contributed by atoms with van der Waals surface area (Å²) in [6.07, 6.45) is 0.134. The summed E-state index contributed by atoms with van der Waals surface area (Å²) >= 11 is 0. The number of benzene rings is 1. The second kappa shape index (κ2) is 5.18. The molecule has 2 rings (SSSR count). The maximum atomic E-state index is 13.8. The Kier molecular flexibility index (Phi) is 3.84. The van der Waals surface area contributed by atoms with E-state index in [0.717, 1.165) is 12.1 Å². The fourth-order valence-corrected chi connectivity index (χ4v) is 2.21. The lowest BCUT2D eigenvalue weighted by molar-refractivity contribution is 0.210. The third-order valence-corrected chi connectivity index (χ3v) is 3.22. The van der Waals surface area contributed by atoms with Gasteiger partial charge in [-0.2, -0.15) is 5.10 Å². The molecule has 0 aliphatic rings. The molecule has 0 fully saturated rings. The van der Waals surface area contributed by atoms with Crippen molar-refractivity contribution in [1.82, 2.24) is 9.78 Å². The molecule has 0 saturated carbocycles. The molecule has 3 nitrogen and oxygen atoms in total. The molecule has 0 spiro atoms. The highest BCUT2D eigenvalue weighted by Crippen LogP contribution is 2.33. The summed E-state index contributed by atoms with van der Waals surface area (Å²) in [5, 5.41) is 14.6. The Hall–Kier alpha value is -1.82. The van der Waals surface area contributed by atoms with Gasteiger partial charge >= 0.3 is 0 Å². The summed E-state index contributed by atoms with van der Waals surface area (Å²) in [7, 11) is 1.67. The van der Waals surface area contributed by atoms with E-state index in [0.29, 0.717) is 11.3 Å². The standard InChI is InChI=1S/C15H17F3N2O/c1-15(2,3)14-9(7-20(4)19-14)13(21)8-5-6-10(16)12(18)11(8)17/h5-7,13,21H,1-4H3. The number of hydrogen-bond donors (Lipinski definition) is 1. The first-order valence-corrected chi connectivity index (χ1v) is 6.48. The van der Waals surface area contributed by atoms with Gasteiger partial charge in [0.25, 0.3) is 0 Å². The van der Waals surface area contributed by atoms with Crippen LogP contribution in [0.5, 0.6) is 0 Å². The second-order valence-electron chi connectivity index (χ2n) is 6.02. The first-order valence-electron chi connectivity index (χ1n) is 6.48. The SMILES string of the molecule is Cn1cc(C(O)c2ccc(F)c(F)c2F)c(C(C)(C)C)n1. The van der Waals surface area contributed by atoms with E-state index in [9.17, 15) is 18.3 Å². The molecule has 1 unspecified atom stereocenters. The number of hydrogen-bond acceptors (Lipinski definition) is 2. The van der Waals surface area contributed by atoms with E-state index in [2.05, 4.69) is 5.10 Å². The highest BCUT2D eigenvalue weighted by Gasteiger charge is 2.29. The zero-order valence-electron chi connectivity index (χ0n) is 12.3. The molecule has 1 atom stereocenters. The lowest BCUT2D eigenvalue weighted by Gasteiger charge is -2.20. The third-order valence-electron chi connectivity index (χ3n) is 3.22. The predicted molar refractivity (Wildman–Crippen MR) is 72.3 cm³/mol. The number of rotatable bonds is 2. The van der Waals surface area contributed by atoms with Crippen molar-refractivity contribution in [1.29, 1.82) is 0 Å². The minimum atomic E-state index is -1.59. The van der Waals surface area contributed by atoms with Gasteiger partial charge in [0.15, 0.2) is 17.5 Å². The molecule has 0 saturated heterocycles. The van der Waals surface area contributed by atoms with E-state index in [1.165, 1.54) is 4.68 Å². The van der Waals surface area contributed by atoms with Crippen LogP contribution in [0.2, 0.25) is 0 Å². The lowest BCUT2D eigenvalue weighted by atomic mass is 9.87. The van der Waals surface area contributed by atoms with E-state index >= 15 is 0 Å². The van der Waals surface area contributed by atoms with Gasteiger partial charge in [-0.25, -0.2) is 13.2 Å². The fourth-order valence-electron chi connectivity index (χ4n) is 2.21. The predicted octanol–water partition coefficient (Wildman–Crippen LogP) is 3.22. The maximum Gasteiger partial charge on any atom is 0.194 e. The Morgan fingerprint density at radius 3 is 2.29 bits per heavy atom. The first kappa shape index (κ1) is 15.6. The first-order chi connectivity index (χ1) is 9.62. The van der Waals surface area contributed by atoms with Crippen LogP contribution >= 0.6 is 0 Å².